The zero-order valence-corrected chi connectivity index (χ0v) is 11.1. The van der Waals surface area contributed by atoms with E-state index in [1.54, 1.807) is 4.68 Å². The Labute approximate surface area is 107 Å². The molecule has 1 aliphatic heterocycles. The Hall–Kier alpha value is -1.56. The van der Waals surface area contributed by atoms with Gasteiger partial charge in [0.25, 0.3) is 0 Å². The Kier molecular flexibility index (Phi) is 3.86. The zero-order valence-electron chi connectivity index (χ0n) is 11.1. The van der Waals surface area contributed by atoms with Gasteiger partial charge in [-0.2, -0.15) is 5.10 Å². The summed E-state index contributed by atoms with van der Waals surface area (Å²) >= 11 is 0. The van der Waals surface area contributed by atoms with E-state index in [2.05, 4.69) is 29.6 Å². The fourth-order valence-corrected chi connectivity index (χ4v) is 2.02. The average Bonchev–Trinajstić information content (AvgIpc) is 2.88. The van der Waals surface area contributed by atoms with Gasteiger partial charge >= 0.3 is 6.03 Å². The predicted octanol–water partition coefficient (Wildman–Crippen LogP) is 1.45. The van der Waals surface area contributed by atoms with Crippen molar-refractivity contribution in [1.82, 2.24) is 15.1 Å². The van der Waals surface area contributed by atoms with Gasteiger partial charge < -0.3 is 15.4 Å². The molecule has 18 heavy (non-hydrogen) atoms. The Bertz CT molecular complexity index is 422. The molecule has 0 radical (unpaired) electrons. The van der Waals surface area contributed by atoms with Gasteiger partial charge in [-0.25, -0.2) is 4.79 Å². The molecule has 1 saturated heterocycles. The van der Waals surface area contributed by atoms with Crippen LogP contribution in [0.1, 0.15) is 31.9 Å². The van der Waals surface area contributed by atoms with Crippen LogP contribution in [0.5, 0.6) is 0 Å². The highest BCUT2D eigenvalue weighted by molar-refractivity contribution is 5.90. The van der Waals surface area contributed by atoms with Crippen molar-refractivity contribution in [2.45, 2.75) is 32.2 Å². The number of carbonyl (C=O) groups excluding carboxylic acids is 1. The molecule has 0 saturated carbocycles. The minimum absolute atomic E-state index is 0.115. The number of hydrogen-bond acceptors (Lipinski definition) is 3. The lowest BCUT2D eigenvalue weighted by atomic mass is 10.1. The van der Waals surface area contributed by atoms with Crippen molar-refractivity contribution in [3.05, 3.63) is 11.9 Å². The number of amides is 2. The van der Waals surface area contributed by atoms with Gasteiger partial charge in [0.2, 0.25) is 0 Å². The molecule has 2 amide bonds. The Morgan fingerprint density at radius 2 is 2.39 bits per heavy atom. The number of ether oxygens (including phenoxy) is 1. The quantitative estimate of drug-likeness (QED) is 0.855. The third kappa shape index (κ3) is 3.01. The van der Waals surface area contributed by atoms with Crippen LogP contribution in [0.3, 0.4) is 0 Å². The minimum Gasteiger partial charge on any atom is -0.379 e. The summed E-state index contributed by atoms with van der Waals surface area (Å²) in [5, 5.41) is 10.1. The van der Waals surface area contributed by atoms with Gasteiger partial charge in [-0.05, 0) is 12.3 Å². The van der Waals surface area contributed by atoms with Crippen LogP contribution in [0.15, 0.2) is 6.20 Å². The standard InChI is InChI=1S/C12H20N4O2/c1-8(2)11-10(6-16(3)15-11)14-12(17)13-9-4-5-18-7-9/h6,8-9H,4-5,7H2,1-3H3,(H2,13,14,17). The van der Waals surface area contributed by atoms with Crippen LogP contribution in [-0.2, 0) is 11.8 Å². The first-order valence-electron chi connectivity index (χ1n) is 6.25. The van der Waals surface area contributed by atoms with E-state index in [1.807, 2.05) is 13.2 Å². The molecule has 1 fully saturated rings. The number of carbonyl (C=O) groups is 1. The van der Waals surface area contributed by atoms with Gasteiger partial charge in [0.1, 0.15) is 0 Å². The van der Waals surface area contributed by atoms with Crippen LogP contribution >= 0.6 is 0 Å². The third-order valence-corrected chi connectivity index (χ3v) is 2.92. The largest absolute Gasteiger partial charge is 0.379 e. The summed E-state index contributed by atoms with van der Waals surface area (Å²) in [6.45, 7) is 5.42. The lowest BCUT2D eigenvalue weighted by Crippen LogP contribution is -2.38. The normalized spacial score (nSPS) is 19.2. The molecule has 1 unspecified atom stereocenters. The molecular formula is C12H20N4O2. The van der Waals surface area contributed by atoms with E-state index >= 15 is 0 Å². The molecular weight excluding hydrogens is 232 g/mol. The monoisotopic (exact) mass is 252 g/mol. The van der Waals surface area contributed by atoms with Crippen LogP contribution in [0.2, 0.25) is 0 Å². The first-order chi connectivity index (χ1) is 8.56. The highest BCUT2D eigenvalue weighted by Gasteiger charge is 2.19. The zero-order chi connectivity index (χ0) is 13.1. The summed E-state index contributed by atoms with van der Waals surface area (Å²) in [7, 11) is 1.85. The second-order valence-corrected chi connectivity index (χ2v) is 4.92. The molecule has 1 atom stereocenters. The van der Waals surface area contributed by atoms with E-state index in [1.165, 1.54) is 0 Å². The first-order valence-corrected chi connectivity index (χ1v) is 6.25. The molecule has 1 aromatic rings. The topological polar surface area (TPSA) is 68.2 Å². The number of nitrogens with one attached hydrogen (secondary N) is 2. The molecule has 6 nitrogen and oxygen atoms in total. The molecule has 2 rings (SSSR count). The number of anilines is 1. The molecule has 100 valence electrons. The second kappa shape index (κ2) is 5.39. The van der Waals surface area contributed by atoms with E-state index in [-0.39, 0.29) is 18.0 Å². The van der Waals surface area contributed by atoms with Crippen LogP contribution in [0.4, 0.5) is 10.5 Å². The molecule has 0 bridgehead atoms. The van der Waals surface area contributed by atoms with Crippen molar-refractivity contribution in [1.29, 1.82) is 0 Å². The lowest BCUT2D eigenvalue weighted by molar-refractivity contribution is 0.189. The second-order valence-electron chi connectivity index (χ2n) is 4.92. The summed E-state index contributed by atoms with van der Waals surface area (Å²) in [5.74, 6) is 0.274. The van der Waals surface area contributed by atoms with Gasteiger partial charge in [0.15, 0.2) is 0 Å². The molecule has 2 N–H and O–H groups in total. The van der Waals surface area contributed by atoms with E-state index in [4.69, 9.17) is 4.74 Å². The number of urea groups is 1. The summed E-state index contributed by atoms with van der Waals surface area (Å²) in [6.07, 6.45) is 2.69. The summed E-state index contributed by atoms with van der Waals surface area (Å²) in [6, 6.07) is -0.0791. The van der Waals surface area contributed by atoms with Crippen molar-refractivity contribution in [2.75, 3.05) is 18.5 Å². The van der Waals surface area contributed by atoms with Gasteiger partial charge in [-0.1, -0.05) is 13.8 Å². The number of nitrogens with zero attached hydrogens (tertiary/aromatic N) is 2. The van der Waals surface area contributed by atoms with Crippen molar-refractivity contribution in [3.8, 4) is 0 Å². The van der Waals surface area contributed by atoms with E-state index in [0.717, 1.165) is 24.4 Å². The van der Waals surface area contributed by atoms with Crippen molar-refractivity contribution in [3.63, 3.8) is 0 Å². The SMILES string of the molecule is CC(C)c1nn(C)cc1NC(=O)NC1CCOC1. The third-order valence-electron chi connectivity index (χ3n) is 2.92. The van der Waals surface area contributed by atoms with Crippen molar-refractivity contribution >= 4 is 11.7 Å². The van der Waals surface area contributed by atoms with Crippen LogP contribution in [-0.4, -0.2) is 35.1 Å². The van der Waals surface area contributed by atoms with Gasteiger partial charge in [-0.15, -0.1) is 0 Å². The summed E-state index contributed by atoms with van der Waals surface area (Å²) < 4.78 is 6.93. The number of aromatic nitrogens is 2. The fraction of sp³-hybridized carbons (Fsp3) is 0.667. The van der Waals surface area contributed by atoms with Crippen LogP contribution in [0.25, 0.3) is 0 Å². The maximum absolute atomic E-state index is 11.8. The molecule has 6 heteroatoms. The molecule has 0 aromatic carbocycles. The van der Waals surface area contributed by atoms with Crippen LogP contribution < -0.4 is 10.6 Å². The van der Waals surface area contributed by atoms with Gasteiger partial charge in [0, 0.05) is 19.9 Å². The Morgan fingerprint density at radius 1 is 1.61 bits per heavy atom. The highest BCUT2D eigenvalue weighted by Crippen LogP contribution is 2.21. The van der Waals surface area contributed by atoms with Crippen LogP contribution in [0, 0.1) is 0 Å². The fourth-order valence-electron chi connectivity index (χ4n) is 2.02. The van der Waals surface area contributed by atoms with E-state index in [0.29, 0.717) is 6.61 Å². The maximum Gasteiger partial charge on any atom is 0.319 e. The predicted molar refractivity (Wildman–Crippen MR) is 68.7 cm³/mol. The lowest BCUT2D eigenvalue weighted by Gasteiger charge is -2.12. The molecule has 1 aromatic heterocycles. The number of hydrogen-bond donors (Lipinski definition) is 2. The average molecular weight is 252 g/mol. The number of rotatable bonds is 3. The maximum atomic E-state index is 11.8. The summed E-state index contributed by atoms with van der Waals surface area (Å²) in [5.41, 5.74) is 1.67. The highest BCUT2D eigenvalue weighted by atomic mass is 16.5. The Balaban J connectivity index is 1.97. The smallest absolute Gasteiger partial charge is 0.319 e. The molecule has 0 aliphatic carbocycles. The van der Waals surface area contributed by atoms with Crippen molar-refractivity contribution in [2.24, 2.45) is 7.05 Å². The van der Waals surface area contributed by atoms with Gasteiger partial charge in [0.05, 0.1) is 24.0 Å². The van der Waals surface area contributed by atoms with E-state index in [9.17, 15) is 4.79 Å². The molecule has 2 heterocycles. The summed E-state index contributed by atoms with van der Waals surface area (Å²) in [4.78, 5) is 11.8. The van der Waals surface area contributed by atoms with Crippen molar-refractivity contribution < 1.29 is 9.53 Å². The minimum atomic E-state index is -0.194. The van der Waals surface area contributed by atoms with Gasteiger partial charge in [-0.3, -0.25) is 4.68 Å². The number of aryl methyl sites for hydroxylation is 1. The Morgan fingerprint density at radius 3 is 3.00 bits per heavy atom. The molecule has 1 aliphatic rings. The first kappa shape index (κ1) is 12.9. The van der Waals surface area contributed by atoms with E-state index < -0.39 is 0 Å². The molecule has 0 spiro atoms.